The molecular formula is C11H15N5OS. The van der Waals surface area contributed by atoms with E-state index >= 15 is 0 Å². The molecule has 6 nitrogen and oxygen atoms in total. The molecule has 0 aliphatic carbocycles. The van der Waals surface area contributed by atoms with Gasteiger partial charge in [-0.2, -0.15) is 5.10 Å². The largest absolute Gasteiger partial charge is 0.295 e. The van der Waals surface area contributed by atoms with E-state index < -0.39 is 0 Å². The lowest BCUT2D eigenvalue weighted by molar-refractivity contribution is 0.102. The lowest BCUT2D eigenvalue weighted by Gasteiger charge is -1.97. The second kappa shape index (κ2) is 5.26. The van der Waals surface area contributed by atoms with Crippen molar-refractivity contribution < 1.29 is 4.79 Å². The van der Waals surface area contributed by atoms with Crippen molar-refractivity contribution in [2.45, 2.75) is 33.7 Å². The van der Waals surface area contributed by atoms with Crippen LogP contribution in [0.1, 0.15) is 35.0 Å². The summed E-state index contributed by atoms with van der Waals surface area (Å²) in [5, 5.41) is 16.2. The van der Waals surface area contributed by atoms with Crippen LogP contribution in [0.25, 0.3) is 0 Å². The maximum Gasteiger partial charge on any atom is 0.277 e. The molecule has 0 saturated carbocycles. The lowest BCUT2D eigenvalue weighted by Crippen LogP contribution is -2.13. The molecule has 2 heterocycles. The minimum Gasteiger partial charge on any atom is -0.295 e. The Morgan fingerprint density at radius 2 is 2.22 bits per heavy atom. The highest BCUT2D eigenvalue weighted by Crippen LogP contribution is 2.16. The summed E-state index contributed by atoms with van der Waals surface area (Å²) in [6.45, 7) is 6.66. The van der Waals surface area contributed by atoms with Crippen molar-refractivity contribution in [1.82, 2.24) is 20.0 Å². The molecule has 1 N–H and O–H groups in total. The van der Waals surface area contributed by atoms with Crippen molar-refractivity contribution in [3.8, 4) is 0 Å². The fraction of sp³-hybridized carbons (Fsp3) is 0.455. The Bertz CT molecular complexity index is 560. The van der Waals surface area contributed by atoms with Crippen LogP contribution in [-0.4, -0.2) is 25.9 Å². The molecule has 0 aromatic carbocycles. The molecule has 0 aliphatic heterocycles. The fourth-order valence-corrected chi connectivity index (χ4v) is 2.22. The highest BCUT2D eigenvalue weighted by atomic mass is 32.1. The first-order valence-electron chi connectivity index (χ1n) is 5.82. The normalized spacial score (nSPS) is 10.6. The van der Waals surface area contributed by atoms with E-state index in [1.807, 2.05) is 20.8 Å². The van der Waals surface area contributed by atoms with Gasteiger partial charge in [0.25, 0.3) is 5.91 Å². The van der Waals surface area contributed by atoms with Gasteiger partial charge in [-0.1, -0.05) is 18.3 Å². The summed E-state index contributed by atoms with van der Waals surface area (Å²) in [5.74, 6) is -0.246. The third-order valence-corrected chi connectivity index (χ3v) is 3.49. The molecular weight excluding hydrogens is 250 g/mol. The van der Waals surface area contributed by atoms with E-state index in [4.69, 9.17) is 0 Å². The molecule has 0 aliphatic rings. The van der Waals surface area contributed by atoms with E-state index in [1.165, 1.54) is 11.3 Å². The van der Waals surface area contributed by atoms with Crippen molar-refractivity contribution in [1.29, 1.82) is 0 Å². The van der Waals surface area contributed by atoms with Gasteiger partial charge in [-0.05, 0) is 26.3 Å². The van der Waals surface area contributed by atoms with Crippen molar-refractivity contribution in [2.24, 2.45) is 0 Å². The first-order chi connectivity index (χ1) is 8.63. The summed E-state index contributed by atoms with van der Waals surface area (Å²) in [5.41, 5.74) is 1.37. The number of nitrogens with zero attached hydrogens (tertiary/aromatic N) is 4. The van der Waals surface area contributed by atoms with Crippen molar-refractivity contribution in [3.63, 3.8) is 0 Å². The minimum absolute atomic E-state index is 0.246. The standard InChI is InChI=1S/C11H15N5OS/c1-4-9-13-14-11(18-9)12-10(17)8-6-7(3)16(5-2)15-8/h6H,4-5H2,1-3H3,(H,12,14,17). The van der Waals surface area contributed by atoms with Crippen LogP contribution in [0.2, 0.25) is 0 Å². The fourth-order valence-electron chi connectivity index (χ4n) is 1.55. The molecule has 1 amide bonds. The Labute approximate surface area is 109 Å². The summed E-state index contributed by atoms with van der Waals surface area (Å²) in [6.07, 6.45) is 0.817. The van der Waals surface area contributed by atoms with E-state index in [1.54, 1.807) is 10.7 Å². The number of carbonyl (C=O) groups is 1. The number of aryl methyl sites for hydroxylation is 3. The van der Waals surface area contributed by atoms with Gasteiger partial charge in [-0.3, -0.25) is 14.8 Å². The predicted octanol–water partition coefficient (Wildman–Crippen LogP) is 1.88. The predicted molar refractivity (Wildman–Crippen MR) is 69.9 cm³/mol. The second-order valence-corrected chi connectivity index (χ2v) is 4.86. The van der Waals surface area contributed by atoms with Gasteiger partial charge in [-0.25, -0.2) is 0 Å². The molecule has 2 aromatic heterocycles. The highest BCUT2D eigenvalue weighted by Gasteiger charge is 2.13. The highest BCUT2D eigenvalue weighted by molar-refractivity contribution is 7.15. The second-order valence-electron chi connectivity index (χ2n) is 3.80. The zero-order valence-corrected chi connectivity index (χ0v) is 11.4. The SMILES string of the molecule is CCc1nnc(NC(=O)c2cc(C)n(CC)n2)s1. The van der Waals surface area contributed by atoms with Gasteiger partial charge in [0, 0.05) is 12.2 Å². The van der Waals surface area contributed by atoms with E-state index in [2.05, 4.69) is 20.6 Å². The number of aromatic nitrogens is 4. The number of carbonyl (C=O) groups excluding carboxylic acids is 1. The molecule has 18 heavy (non-hydrogen) atoms. The number of amides is 1. The Kier molecular flexibility index (Phi) is 3.71. The van der Waals surface area contributed by atoms with E-state index in [-0.39, 0.29) is 5.91 Å². The first-order valence-corrected chi connectivity index (χ1v) is 6.63. The van der Waals surface area contributed by atoms with E-state index in [0.29, 0.717) is 10.8 Å². The average Bonchev–Trinajstić information content (AvgIpc) is 2.95. The molecule has 7 heteroatoms. The maximum atomic E-state index is 11.9. The van der Waals surface area contributed by atoms with Gasteiger partial charge in [-0.15, -0.1) is 10.2 Å². The van der Waals surface area contributed by atoms with E-state index in [9.17, 15) is 4.79 Å². The molecule has 2 aromatic rings. The molecule has 0 atom stereocenters. The van der Waals surface area contributed by atoms with Crippen LogP contribution in [0.15, 0.2) is 6.07 Å². The van der Waals surface area contributed by atoms with Crippen molar-refractivity contribution in [2.75, 3.05) is 5.32 Å². The summed E-state index contributed by atoms with van der Waals surface area (Å²) >= 11 is 1.38. The number of hydrogen-bond acceptors (Lipinski definition) is 5. The van der Waals surface area contributed by atoms with Crippen LogP contribution in [0.3, 0.4) is 0 Å². The van der Waals surface area contributed by atoms with Crippen molar-refractivity contribution >= 4 is 22.4 Å². The Hall–Kier alpha value is -1.76. The average molecular weight is 265 g/mol. The molecule has 2 rings (SSSR count). The van der Waals surface area contributed by atoms with E-state index in [0.717, 1.165) is 23.7 Å². The van der Waals surface area contributed by atoms with Crippen LogP contribution in [0, 0.1) is 6.92 Å². The van der Waals surface area contributed by atoms with Gasteiger partial charge in [0.2, 0.25) is 5.13 Å². The molecule has 0 unspecified atom stereocenters. The molecule has 96 valence electrons. The zero-order valence-electron chi connectivity index (χ0n) is 10.6. The third kappa shape index (κ3) is 2.56. The summed E-state index contributed by atoms with van der Waals surface area (Å²) < 4.78 is 1.78. The first kappa shape index (κ1) is 12.7. The van der Waals surface area contributed by atoms with Crippen LogP contribution in [0.4, 0.5) is 5.13 Å². The van der Waals surface area contributed by atoms with Crippen molar-refractivity contribution in [3.05, 3.63) is 22.5 Å². The van der Waals surface area contributed by atoms with Crippen LogP contribution in [0.5, 0.6) is 0 Å². The molecule has 0 saturated heterocycles. The quantitative estimate of drug-likeness (QED) is 0.916. The van der Waals surface area contributed by atoms with Gasteiger partial charge < -0.3 is 0 Å². The molecule has 0 radical (unpaired) electrons. The van der Waals surface area contributed by atoms with Gasteiger partial charge in [0.15, 0.2) is 5.69 Å². The number of hydrogen-bond donors (Lipinski definition) is 1. The van der Waals surface area contributed by atoms with Crippen LogP contribution in [-0.2, 0) is 13.0 Å². The molecule has 0 bridgehead atoms. The number of nitrogens with one attached hydrogen (secondary N) is 1. The third-order valence-electron chi connectivity index (χ3n) is 2.50. The smallest absolute Gasteiger partial charge is 0.277 e. The van der Waals surface area contributed by atoms with Gasteiger partial charge in [0.1, 0.15) is 5.01 Å². The Morgan fingerprint density at radius 3 is 2.78 bits per heavy atom. The number of anilines is 1. The van der Waals surface area contributed by atoms with Crippen LogP contribution < -0.4 is 5.32 Å². The van der Waals surface area contributed by atoms with Gasteiger partial charge in [0.05, 0.1) is 0 Å². The summed E-state index contributed by atoms with van der Waals surface area (Å²) in [6, 6.07) is 1.76. The summed E-state index contributed by atoms with van der Waals surface area (Å²) in [4.78, 5) is 11.9. The molecule has 0 spiro atoms. The number of rotatable bonds is 4. The zero-order chi connectivity index (χ0) is 13.1. The lowest BCUT2D eigenvalue weighted by atomic mass is 10.3. The summed E-state index contributed by atoms with van der Waals surface area (Å²) in [7, 11) is 0. The van der Waals surface area contributed by atoms with Crippen LogP contribution >= 0.6 is 11.3 Å². The topological polar surface area (TPSA) is 72.7 Å². The maximum absolute atomic E-state index is 11.9. The molecule has 0 fully saturated rings. The van der Waals surface area contributed by atoms with Gasteiger partial charge >= 0.3 is 0 Å². The Balaban J connectivity index is 2.11. The monoisotopic (exact) mass is 265 g/mol. The Morgan fingerprint density at radius 1 is 1.44 bits per heavy atom. The minimum atomic E-state index is -0.246.